The van der Waals surface area contributed by atoms with Crippen LogP contribution in [0.25, 0.3) is 15.9 Å². The van der Waals surface area contributed by atoms with Crippen LogP contribution in [0.3, 0.4) is 0 Å². The number of methoxy groups -OCH3 is 1. The molecule has 192 valence electrons. The molecule has 4 rings (SSSR count). The molecule has 1 N–H and O–H groups in total. The lowest BCUT2D eigenvalue weighted by molar-refractivity contribution is -0.121. The molecule has 0 saturated heterocycles. The Bertz CT molecular complexity index is 1390. The number of carbonyl (C=O) groups is 2. The molecule has 10 nitrogen and oxygen atoms in total. The van der Waals surface area contributed by atoms with Gasteiger partial charge in [-0.25, -0.2) is 14.2 Å². The van der Waals surface area contributed by atoms with Crippen LogP contribution in [-0.4, -0.2) is 59.4 Å². The lowest BCUT2D eigenvalue weighted by Gasteiger charge is -2.25. The van der Waals surface area contributed by atoms with Crippen LogP contribution in [0.1, 0.15) is 29.9 Å². The fraction of sp³-hybridized carbons (Fsp3) is 0.440. The molecule has 0 fully saturated rings. The molecule has 1 aromatic carbocycles. The summed E-state index contributed by atoms with van der Waals surface area (Å²) >= 11 is 1.27. The fourth-order valence-corrected chi connectivity index (χ4v) is 5.66. The van der Waals surface area contributed by atoms with Crippen molar-refractivity contribution in [3.63, 3.8) is 0 Å². The van der Waals surface area contributed by atoms with Crippen LogP contribution in [0.15, 0.2) is 33.9 Å². The average molecular weight is 515 g/mol. The average Bonchev–Trinajstić information content (AvgIpc) is 3.26. The third kappa shape index (κ3) is 4.93. The number of thiophene rings is 1. The standard InChI is InChI=1S/C25H30N4O6S/c1-4-16-6-8-17(9-7-16)29-22(31)21-18-10-12-27(25(33)35-5-2)14-19(18)36-23(21)28(24(29)32)15-20(30)26-11-13-34-3/h6-9H,4-5,10-15H2,1-3H3,(H,26,30). The Morgan fingerprint density at radius 2 is 1.89 bits per heavy atom. The molecule has 1 aliphatic heterocycles. The first kappa shape index (κ1) is 25.6. The number of fused-ring (bicyclic) bond motifs is 3. The van der Waals surface area contributed by atoms with E-state index in [-0.39, 0.29) is 25.6 Å². The Morgan fingerprint density at radius 3 is 2.56 bits per heavy atom. The van der Waals surface area contributed by atoms with Crippen molar-refractivity contribution in [2.24, 2.45) is 0 Å². The van der Waals surface area contributed by atoms with Gasteiger partial charge in [-0.2, -0.15) is 0 Å². The van der Waals surface area contributed by atoms with Gasteiger partial charge in [0.1, 0.15) is 11.4 Å². The Morgan fingerprint density at radius 1 is 1.14 bits per heavy atom. The number of amides is 2. The molecule has 0 aliphatic carbocycles. The first-order valence-electron chi connectivity index (χ1n) is 12.0. The molecule has 36 heavy (non-hydrogen) atoms. The van der Waals surface area contributed by atoms with Gasteiger partial charge in [0.05, 0.1) is 30.8 Å². The number of ether oxygens (including phenoxy) is 2. The Kier molecular flexibility index (Phi) is 7.90. The first-order chi connectivity index (χ1) is 17.4. The lowest BCUT2D eigenvalue weighted by Crippen LogP contribution is -2.42. The number of carbonyl (C=O) groups excluding carboxylic acids is 2. The minimum absolute atomic E-state index is 0.243. The van der Waals surface area contributed by atoms with Crippen LogP contribution < -0.4 is 16.6 Å². The van der Waals surface area contributed by atoms with E-state index in [1.54, 1.807) is 24.0 Å². The van der Waals surface area contributed by atoms with Crippen molar-refractivity contribution in [2.45, 2.75) is 39.8 Å². The van der Waals surface area contributed by atoms with E-state index in [1.165, 1.54) is 23.0 Å². The maximum atomic E-state index is 13.7. The van der Waals surface area contributed by atoms with E-state index in [2.05, 4.69) is 5.32 Å². The summed E-state index contributed by atoms with van der Waals surface area (Å²) in [5.74, 6) is -0.360. The Hall–Kier alpha value is -3.44. The maximum Gasteiger partial charge on any atom is 0.410 e. The molecule has 0 unspecified atom stereocenters. The number of benzene rings is 1. The van der Waals surface area contributed by atoms with E-state index in [0.717, 1.165) is 27.0 Å². The molecule has 3 aromatic rings. The number of aromatic nitrogens is 2. The highest BCUT2D eigenvalue weighted by molar-refractivity contribution is 7.18. The second-order valence-electron chi connectivity index (χ2n) is 8.43. The largest absolute Gasteiger partial charge is 0.450 e. The topological polar surface area (TPSA) is 112 Å². The van der Waals surface area contributed by atoms with Gasteiger partial charge in [-0.05, 0) is 43.0 Å². The van der Waals surface area contributed by atoms with Gasteiger partial charge in [-0.15, -0.1) is 11.3 Å². The highest BCUT2D eigenvalue weighted by atomic mass is 32.1. The molecule has 2 amide bonds. The number of rotatable bonds is 8. The number of hydrogen-bond donors (Lipinski definition) is 1. The van der Waals surface area contributed by atoms with Crippen molar-refractivity contribution in [3.05, 3.63) is 61.1 Å². The molecule has 0 radical (unpaired) electrons. The van der Waals surface area contributed by atoms with Gasteiger partial charge in [0, 0.05) is 25.1 Å². The van der Waals surface area contributed by atoms with E-state index in [1.807, 2.05) is 19.1 Å². The third-order valence-electron chi connectivity index (χ3n) is 6.18. The van der Waals surface area contributed by atoms with Crippen LogP contribution >= 0.6 is 11.3 Å². The zero-order valence-corrected chi connectivity index (χ0v) is 21.5. The summed E-state index contributed by atoms with van der Waals surface area (Å²) in [6.45, 7) is 5.14. The zero-order chi connectivity index (χ0) is 25.8. The van der Waals surface area contributed by atoms with E-state index < -0.39 is 17.3 Å². The molecular formula is C25H30N4O6S. The lowest BCUT2D eigenvalue weighted by atomic mass is 10.1. The van der Waals surface area contributed by atoms with Crippen LogP contribution in [0.5, 0.6) is 0 Å². The molecule has 0 atom stereocenters. The highest BCUT2D eigenvalue weighted by Crippen LogP contribution is 2.33. The summed E-state index contributed by atoms with van der Waals surface area (Å²) in [5, 5.41) is 3.15. The summed E-state index contributed by atoms with van der Waals surface area (Å²) in [6.07, 6.45) is 0.870. The van der Waals surface area contributed by atoms with Gasteiger partial charge in [0.15, 0.2) is 0 Å². The van der Waals surface area contributed by atoms with Crippen molar-refractivity contribution < 1.29 is 19.1 Å². The second kappa shape index (κ2) is 11.1. The summed E-state index contributed by atoms with van der Waals surface area (Å²) in [6, 6.07) is 7.26. The summed E-state index contributed by atoms with van der Waals surface area (Å²) < 4.78 is 12.6. The third-order valence-corrected chi connectivity index (χ3v) is 7.42. The fourth-order valence-electron chi connectivity index (χ4n) is 4.32. The normalized spacial score (nSPS) is 13.0. The van der Waals surface area contributed by atoms with Gasteiger partial charge < -0.3 is 19.7 Å². The van der Waals surface area contributed by atoms with Gasteiger partial charge in [-0.1, -0.05) is 19.1 Å². The van der Waals surface area contributed by atoms with Crippen molar-refractivity contribution in [1.29, 1.82) is 0 Å². The summed E-state index contributed by atoms with van der Waals surface area (Å²) in [7, 11) is 1.54. The van der Waals surface area contributed by atoms with E-state index >= 15 is 0 Å². The Balaban J connectivity index is 1.86. The number of hydrogen-bond acceptors (Lipinski definition) is 7. The molecule has 0 bridgehead atoms. The highest BCUT2D eigenvalue weighted by Gasteiger charge is 2.29. The van der Waals surface area contributed by atoms with Gasteiger partial charge in [0.25, 0.3) is 5.56 Å². The molecular weight excluding hydrogens is 484 g/mol. The van der Waals surface area contributed by atoms with E-state index in [0.29, 0.717) is 42.0 Å². The van der Waals surface area contributed by atoms with Gasteiger partial charge in [0.2, 0.25) is 5.91 Å². The van der Waals surface area contributed by atoms with Crippen molar-refractivity contribution in [3.8, 4) is 5.69 Å². The van der Waals surface area contributed by atoms with E-state index in [9.17, 15) is 19.2 Å². The van der Waals surface area contributed by atoms with Crippen molar-refractivity contribution in [2.75, 3.05) is 33.4 Å². The predicted molar refractivity (Wildman–Crippen MR) is 137 cm³/mol. The van der Waals surface area contributed by atoms with Gasteiger partial charge in [-0.3, -0.25) is 14.2 Å². The predicted octanol–water partition coefficient (Wildman–Crippen LogP) is 2.05. The van der Waals surface area contributed by atoms with Crippen LogP contribution in [0.4, 0.5) is 4.79 Å². The molecule has 0 spiro atoms. The number of nitrogens with zero attached hydrogens (tertiary/aromatic N) is 3. The minimum atomic E-state index is -0.584. The minimum Gasteiger partial charge on any atom is -0.450 e. The Labute approximate surface area is 212 Å². The molecule has 3 heterocycles. The smallest absolute Gasteiger partial charge is 0.410 e. The monoisotopic (exact) mass is 514 g/mol. The van der Waals surface area contributed by atoms with Crippen LogP contribution in [0, 0.1) is 0 Å². The SMILES string of the molecule is CCOC(=O)N1CCc2c(sc3c2c(=O)n(-c2ccc(CC)cc2)c(=O)n3CC(=O)NCCOC)C1. The quantitative estimate of drug-likeness (QED) is 0.461. The maximum absolute atomic E-state index is 13.7. The molecule has 1 aliphatic rings. The van der Waals surface area contributed by atoms with Crippen molar-refractivity contribution >= 4 is 33.6 Å². The molecule has 2 aromatic heterocycles. The zero-order valence-electron chi connectivity index (χ0n) is 20.7. The number of nitrogens with one attached hydrogen (secondary N) is 1. The summed E-state index contributed by atoms with van der Waals surface area (Å²) in [5.41, 5.74) is 1.34. The van der Waals surface area contributed by atoms with Crippen LogP contribution in [-0.2, 0) is 40.2 Å². The number of aryl methyl sites for hydroxylation is 1. The second-order valence-corrected chi connectivity index (χ2v) is 9.51. The summed E-state index contributed by atoms with van der Waals surface area (Å²) in [4.78, 5) is 55.2. The van der Waals surface area contributed by atoms with Crippen LogP contribution in [0.2, 0.25) is 0 Å². The van der Waals surface area contributed by atoms with Gasteiger partial charge >= 0.3 is 11.8 Å². The molecule has 11 heteroatoms. The van der Waals surface area contributed by atoms with Crippen molar-refractivity contribution in [1.82, 2.24) is 19.4 Å². The molecule has 0 saturated carbocycles. The van der Waals surface area contributed by atoms with E-state index in [4.69, 9.17) is 9.47 Å². The first-order valence-corrected chi connectivity index (χ1v) is 12.8.